The van der Waals surface area contributed by atoms with Crippen molar-refractivity contribution in [1.29, 1.82) is 0 Å². The van der Waals surface area contributed by atoms with Crippen molar-refractivity contribution < 1.29 is 0 Å². The summed E-state index contributed by atoms with van der Waals surface area (Å²) in [6.45, 7) is 0. The zero-order valence-electron chi connectivity index (χ0n) is 28.5. The van der Waals surface area contributed by atoms with E-state index in [2.05, 4.69) is 176 Å². The number of fused-ring (bicyclic) bond motifs is 9. The second kappa shape index (κ2) is 11.9. The van der Waals surface area contributed by atoms with Gasteiger partial charge in [0.1, 0.15) is 0 Å². The first-order chi connectivity index (χ1) is 26.2. The molecule has 4 heteroatoms. The molecular weight excluding hydrogens is 663 g/mol. The molecule has 11 rings (SSSR count). The molecular formula is C49H29N3S. The van der Waals surface area contributed by atoms with Crippen molar-refractivity contribution in [3.63, 3.8) is 0 Å². The van der Waals surface area contributed by atoms with Crippen molar-refractivity contribution >= 4 is 74.6 Å². The average Bonchev–Trinajstić information content (AvgIpc) is 3.61. The normalized spacial score (nSPS) is 11.8. The fourth-order valence-electron chi connectivity index (χ4n) is 7.96. The van der Waals surface area contributed by atoms with Crippen LogP contribution in [0, 0.1) is 0 Å². The highest BCUT2D eigenvalue weighted by molar-refractivity contribution is 7.25. The highest BCUT2D eigenvalue weighted by atomic mass is 32.1. The van der Waals surface area contributed by atoms with Crippen LogP contribution in [0.4, 0.5) is 0 Å². The highest BCUT2D eigenvalue weighted by Crippen LogP contribution is 2.39. The summed E-state index contributed by atoms with van der Waals surface area (Å²) < 4.78 is 2.53. The number of hydrogen-bond donors (Lipinski definition) is 0. The van der Waals surface area contributed by atoms with Gasteiger partial charge in [0, 0.05) is 36.9 Å². The molecule has 53 heavy (non-hydrogen) atoms. The van der Waals surface area contributed by atoms with Gasteiger partial charge in [0.15, 0.2) is 17.5 Å². The quantitative estimate of drug-likeness (QED) is 0.172. The third kappa shape index (κ3) is 4.91. The predicted octanol–water partition coefficient (Wildman–Crippen LogP) is 13.5. The molecule has 3 nitrogen and oxygen atoms in total. The number of aromatic nitrogens is 3. The van der Waals surface area contributed by atoms with Gasteiger partial charge in [-0.1, -0.05) is 146 Å². The second-order valence-electron chi connectivity index (χ2n) is 13.6. The molecule has 0 aliphatic heterocycles. The Morgan fingerprint density at radius 2 is 0.887 bits per heavy atom. The smallest absolute Gasteiger partial charge is 0.164 e. The number of nitrogens with zero attached hydrogens (tertiary/aromatic N) is 3. The molecule has 0 radical (unpaired) electrons. The Balaban J connectivity index is 1.11. The third-order valence-electron chi connectivity index (χ3n) is 10.5. The van der Waals surface area contributed by atoms with Crippen LogP contribution in [-0.2, 0) is 0 Å². The average molecular weight is 692 g/mol. The summed E-state index contributed by atoms with van der Waals surface area (Å²) in [5, 5.41) is 12.1. The van der Waals surface area contributed by atoms with Crippen LogP contribution in [0.15, 0.2) is 176 Å². The van der Waals surface area contributed by atoms with E-state index < -0.39 is 0 Å². The minimum atomic E-state index is 0.646. The van der Waals surface area contributed by atoms with E-state index in [1.54, 1.807) is 0 Å². The molecule has 11 aromatic rings. The SMILES string of the molecule is c1ccc2c(c1)cc(-c1nc(-c3ccc(-c4cccc5ccc6ccccc6c45)cc3)nc(-c3ccc4sc5ccccc5c4c3)n1)c1ccccc12. The van der Waals surface area contributed by atoms with Gasteiger partial charge in [0.05, 0.1) is 0 Å². The van der Waals surface area contributed by atoms with Crippen LogP contribution in [0.2, 0.25) is 0 Å². The van der Waals surface area contributed by atoms with Crippen LogP contribution < -0.4 is 0 Å². The first-order valence-electron chi connectivity index (χ1n) is 17.9. The minimum absolute atomic E-state index is 0.646. The summed E-state index contributed by atoms with van der Waals surface area (Å²) in [6, 6.07) is 62.8. The van der Waals surface area contributed by atoms with E-state index in [1.807, 2.05) is 11.3 Å². The molecule has 0 bridgehead atoms. The lowest BCUT2D eigenvalue weighted by molar-refractivity contribution is 1.08. The molecule has 0 N–H and O–H groups in total. The Labute approximate surface area is 309 Å². The fourth-order valence-corrected chi connectivity index (χ4v) is 9.04. The molecule has 0 fully saturated rings. The summed E-state index contributed by atoms with van der Waals surface area (Å²) in [4.78, 5) is 15.7. The molecule has 0 aliphatic carbocycles. The van der Waals surface area contributed by atoms with Crippen molar-refractivity contribution in [1.82, 2.24) is 15.0 Å². The van der Waals surface area contributed by atoms with Gasteiger partial charge < -0.3 is 0 Å². The molecule has 0 saturated heterocycles. The van der Waals surface area contributed by atoms with E-state index >= 15 is 0 Å². The van der Waals surface area contributed by atoms with Gasteiger partial charge in [-0.2, -0.15) is 0 Å². The van der Waals surface area contributed by atoms with Crippen LogP contribution in [0.25, 0.3) is 109 Å². The molecule has 0 spiro atoms. The second-order valence-corrected chi connectivity index (χ2v) is 14.7. The van der Waals surface area contributed by atoms with Crippen molar-refractivity contribution in [2.24, 2.45) is 0 Å². The first kappa shape index (κ1) is 29.9. The third-order valence-corrected chi connectivity index (χ3v) is 11.7. The fraction of sp³-hybridized carbons (Fsp3) is 0. The van der Waals surface area contributed by atoms with Gasteiger partial charge in [-0.05, 0) is 84.5 Å². The standard InChI is InChI=1S/C49H29N3S/c1-4-14-37-30(10-1)20-23-32-12-9-18-38(46(32)37)31-21-24-33(25-22-31)47-50-48(35-26-27-45-42(29-35)41-17-7-8-19-44(41)53-45)52-49(51-47)43-28-34-11-2-3-13-36(34)39-15-5-6-16-40(39)43/h1-29H. The van der Waals surface area contributed by atoms with Crippen LogP contribution in [0.5, 0.6) is 0 Å². The van der Waals surface area contributed by atoms with Crippen LogP contribution in [-0.4, -0.2) is 15.0 Å². The van der Waals surface area contributed by atoms with Gasteiger partial charge in [0.2, 0.25) is 0 Å². The van der Waals surface area contributed by atoms with Gasteiger partial charge in [0.25, 0.3) is 0 Å². The topological polar surface area (TPSA) is 38.7 Å². The van der Waals surface area contributed by atoms with E-state index in [9.17, 15) is 0 Å². The summed E-state index contributed by atoms with van der Waals surface area (Å²) in [6.07, 6.45) is 0. The summed E-state index contributed by atoms with van der Waals surface area (Å²) in [5.74, 6) is 1.96. The molecule has 0 amide bonds. The van der Waals surface area contributed by atoms with Crippen molar-refractivity contribution in [3.05, 3.63) is 176 Å². The van der Waals surface area contributed by atoms with E-state index in [4.69, 9.17) is 15.0 Å². The lowest BCUT2D eigenvalue weighted by atomic mass is 9.93. The van der Waals surface area contributed by atoms with Crippen LogP contribution in [0.1, 0.15) is 0 Å². The molecule has 246 valence electrons. The van der Waals surface area contributed by atoms with E-state index in [0.29, 0.717) is 17.5 Å². The maximum absolute atomic E-state index is 5.24. The maximum Gasteiger partial charge on any atom is 0.164 e. The zero-order chi connectivity index (χ0) is 34.9. The van der Waals surface area contributed by atoms with E-state index in [-0.39, 0.29) is 0 Å². The molecule has 0 saturated carbocycles. The van der Waals surface area contributed by atoms with E-state index in [0.717, 1.165) is 33.0 Å². The van der Waals surface area contributed by atoms with E-state index in [1.165, 1.54) is 58.1 Å². The Hall–Kier alpha value is -6.75. The van der Waals surface area contributed by atoms with Gasteiger partial charge in [-0.25, -0.2) is 15.0 Å². The first-order valence-corrected chi connectivity index (χ1v) is 18.7. The highest BCUT2D eigenvalue weighted by Gasteiger charge is 2.17. The summed E-state index contributed by atoms with van der Waals surface area (Å²) in [7, 11) is 0. The number of benzene rings is 9. The maximum atomic E-state index is 5.24. The Morgan fingerprint density at radius 1 is 0.302 bits per heavy atom. The van der Waals surface area contributed by atoms with Crippen molar-refractivity contribution in [3.8, 4) is 45.3 Å². The molecule has 0 unspecified atom stereocenters. The zero-order valence-corrected chi connectivity index (χ0v) is 29.3. The Morgan fingerprint density at radius 3 is 1.74 bits per heavy atom. The number of rotatable bonds is 4. The molecule has 2 aromatic heterocycles. The number of thiophene rings is 1. The molecule has 9 aromatic carbocycles. The Bertz CT molecular complexity index is 3230. The van der Waals surface area contributed by atoms with Crippen molar-refractivity contribution in [2.45, 2.75) is 0 Å². The van der Waals surface area contributed by atoms with Crippen LogP contribution >= 0.6 is 11.3 Å². The lowest BCUT2D eigenvalue weighted by Crippen LogP contribution is -2.01. The van der Waals surface area contributed by atoms with Crippen molar-refractivity contribution in [2.75, 3.05) is 0 Å². The lowest BCUT2D eigenvalue weighted by Gasteiger charge is -2.13. The monoisotopic (exact) mass is 691 g/mol. The molecule has 2 heterocycles. The van der Waals surface area contributed by atoms with Gasteiger partial charge >= 0.3 is 0 Å². The molecule has 0 aliphatic rings. The van der Waals surface area contributed by atoms with Gasteiger partial charge in [-0.3, -0.25) is 0 Å². The van der Waals surface area contributed by atoms with Gasteiger partial charge in [-0.15, -0.1) is 11.3 Å². The Kier molecular flexibility index (Phi) is 6.73. The van der Waals surface area contributed by atoms with Crippen LogP contribution in [0.3, 0.4) is 0 Å². The summed E-state index contributed by atoms with van der Waals surface area (Å²) in [5.41, 5.74) is 5.26. The largest absolute Gasteiger partial charge is 0.208 e. The molecule has 0 atom stereocenters. The minimum Gasteiger partial charge on any atom is -0.208 e. The number of hydrogen-bond acceptors (Lipinski definition) is 4. The summed E-state index contributed by atoms with van der Waals surface area (Å²) >= 11 is 1.82. The predicted molar refractivity (Wildman–Crippen MR) is 224 cm³/mol.